The second kappa shape index (κ2) is 12.3. The molecule has 274 valence electrons. The molecular formula is C38H63N7O4. The summed E-state index contributed by atoms with van der Waals surface area (Å²) in [7, 11) is 2.19. The molecule has 7 rings (SSSR count). The molecule has 11 atom stereocenters. The van der Waals surface area contributed by atoms with Crippen molar-refractivity contribution in [2.75, 3.05) is 65.3 Å². The zero-order chi connectivity index (χ0) is 35.1. The summed E-state index contributed by atoms with van der Waals surface area (Å²) in [4.78, 5) is 20.2. The number of carboxylic acids is 1. The third kappa shape index (κ3) is 5.17. The molecule has 2 bridgehead atoms. The predicted molar refractivity (Wildman–Crippen MR) is 189 cm³/mol. The van der Waals surface area contributed by atoms with Crippen LogP contribution in [-0.4, -0.2) is 107 Å². The summed E-state index contributed by atoms with van der Waals surface area (Å²) in [5.74, 6) is 0.507. The van der Waals surface area contributed by atoms with Gasteiger partial charge in [0.1, 0.15) is 6.04 Å². The van der Waals surface area contributed by atoms with E-state index in [0.29, 0.717) is 37.6 Å². The largest absolute Gasteiger partial charge is 0.481 e. The average molecular weight is 682 g/mol. The third-order valence-electron chi connectivity index (χ3n) is 16.1. The van der Waals surface area contributed by atoms with Gasteiger partial charge in [-0.15, -0.1) is 5.10 Å². The Morgan fingerprint density at radius 2 is 1.82 bits per heavy atom. The van der Waals surface area contributed by atoms with Crippen LogP contribution in [0.5, 0.6) is 0 Å². The second-order valence-electron chi connectivity index (χ2n) is 18.6. The maximum atomic E-state index is 13.5. The number of hydrogen-bond acceptors (Lipinski definition) is 9. The van der Waals surface area contributed by atoms with Gasteiger partial charge in [-0.2, -0.15) is 4.80 Å². The molecule has 0 amide bonds. The smallest absolute Gasteiger partial charge is 0.307 e. The number of nitrogen functional groups attached to an aromatic ring is 1. The Hall–Kier alpha value is -2.08. The number of anilines is 1. The number of likely N-dealkylation sites (N-methyl/N-ethyl adjacent to an activating group) is 1. The normalized spacial score (nSPS) is 44.8. The molecule has 1 aromatic heterocycles. The van der Waals surface area contributed by atoms with Crippen molar-refractivity contribution in [3.8, 4) is 0 Å². The quantitative estimate of drug-likeness (QED) is 0.361. The number of rotatable bonds is 8. The van der Waals surface area contributed by atoms with Gasteiger partial charge in [0.15, 0.2) is 0 Å². The van der Waals surface area contributed by atoms with Gasteiger partial charge in [-0.1, -0.05) is 65.2 Å². The molecule has 0 aromatic carbocycles. The van der Waals surface area contributed by atoms with Crippen molar-refractivity contribution in [2.24, 2.45) is 56.7 Å². The van der Waals surface area contributed by atoms with Crippen LogP contribution >= 0.6 is 0 Å². The summed E-state index contributed by atoms with van der Waals surface area (Å²) < 4.78 is 13.9. The van der Waals surface area contributed by atoms with E-state index in [1.807, 2.05) is 0 Å². The molecule has 11 nitrogen and oxygen atoms in total. The number of nitrogens with zero attached hydrogens (tertiary/aromatic N) is 6. The van der Waals surface area contributed by atoms with Crippen LogP contribution in [0.4, 0.5) is 5.95 Å². The molecule has 3 N–H and O–H groups in total. The van der Waals surface area contributed by atoms with Crippen molar-refractivity contribution in [1.82, 2.24) is 30.0 Å². The van der Waals surface area contributed by atoms with Crippen LogP contribution in [0.25, 0.3) is 0 Å². The number of aromatic nitrogens is 4. The van der Waals surface area contributed by atoms with Crippen LogP contribution in [0, 0.1) is 56.7 Å². The van der Waals surface area contributed by atoms with Crippen molar-refractivity contribution >= 4 is 11.9 Å². The fourth-order valence-corrected chi connectivity index (χ4v) is 12.8. The van der Waals surface area contributed by atoms with Crippen molar-refractivity contribution in [3.63, 3.8) is 0 Å². The summed E-state index contributed by atoms with van der Waals surface area (Å²) in [6, 6.07) is -0.128. The summed E-state index contributed by atoms with van der Waals surface area (Å²) in [6.07, 6.45) is 8.01. The first-order valence-corrected chi connectivity index (χ1v) is 19.2. The molecule has 0 unspecified atom stereocenters. The molecular weight excluding hydrogens is 618 g/mol. The highest BCUT2D eigenvalue weighted by Gasteiger charge is 2.72. The number of piperazine rings is 1. The van der Waals surface area contributed by atoms with Gasteiger partial charge in [0.05, 0.1) is 31.8 Å². The van der Waals surface area contributed by atoms with E-state index in [0.717, 1.165) is 71.2 Å². The van der Waals surface area contributed by atoms with Crippen molar-refractivity contribution in [1.29, 1.82) is 0 Å². The number of allylic oxidation sites excluding steroid dienone is 1. The second-order valence-corrected chi connectivity index (χ2v) is 18.6. The number of carbonyl (C=O) groups is 1. The molecule has 2 saturated heterocycles. The third-order valence-corrected chi connectivity index (χ3v) is 16.1. The highest BCUT2D eigenvalue weighted by molar-refractivity contribution is 5.73. The average Bonchev–Trinajstić information content (AvgIpc) is 3.48. The Kier molecular flexibility index (Phi) is 8.84. The van der Waals surface area contributed by atoms with Gasteiger partial charge < -0.3 is 25.2 Å². The molecule has 1 aromatic rings. The minimum absolute atomic E-state index is 0.0858. The molecule has 2 aliphatic heterocycles. The van der Waals surface area contributed by atoms with Gasteiger partial charge in [-0.25, -0.2) is 0 Å². The van der Waals surface area contributed by atoms with Gasteiger partial charge in [-0.05, 0) is 96.1 Å². The Balaban J connectivity index is 1.31. The predicted octanol–water partition coefficient (Wildman–Crippen LogP) is 5.02. The first kappa shape index (κ1) is 35.3. The van der Waals surface area contributed by atoms with Crippen LogP contribution in [0.2, 0.25) is 0 Å². The summed E-state index contributed by atoms with van der Waals surface area (Å²) in [6.45, 7) is 23.3. The zero-order valence-electron chi connectivity index (χ0n) is 31.5. The van der Waals surface area contributed by atoms with E-state index in [9.17, 15) is 9.90 Å². The van der Waals surface area contributed by atoms with E-state index in [2.05, 4.69) is 86.8 Å². The Labute approximate surface area is 293 Å². The van der Waals surface area contributed by atoms with Crippen LogP contribution in [0.15, 0.2) is 11.6 Å². The zero-order valence-corrected chi connectivity index (χ0v) is 31.5. The lowest BCUT2D eigenvalue weighted by Crippen LogP contribution is -2.70. The van der Waals surface area contributed by atoms with E-state index in [4.69, 9.17) is 15.2 Å². The van der Waals surface area contributed by atoms with Crippen LogP contribution in [-0.2, 0) is 14.3 Å². The maximum Gasteiger partial charge on any atom is 0.307 e. The fourth-order valence-electron chi connectivity index (χ4n) is 12.8. The summed E-state index contributed by atoms with van der Waals surface area (Å²) in [5, 5.41) is 24.3. The molecule has 5 fully saturated rings. The van der Waals surface area contributed by atoms with Crippen molar-refractivity contribution in [2.45, 2.75) is 99.1 Å². The number of tetrazole rings is 1. The molecule has 11 heteroatoms. The van der Waals surface area contributed by atoms with Gasteiger partial charge in [0.2, 0.25) is 0 Å². The SMILES string of the molecule is CC(C)[C@@H](C)[C@@]1(C)CC[C@]2(C)[C@H]3CC[C@@H]4[C@@]5(C)COC[C@@]4(C3=CC[C@@]2(C)[C@@H]1C(=O)O)[C@@H](OCCN1CCN(C)CC1)[C@H](n1nnc(N)n1)C5. The van der Waals surface area contributed by atoms with Crippen LogP contribution in [0.1, 0.15) is 93.0 Å². The molecule has 4 aliphatic carbocycles. The number of carboxylic acid groups (broad SMARTS) is 1. The highest BCUT2D eigenvalue weighted by atomic mass is 16.5. The number of nitrogens with two attached hydrogens (primary N) is 1. The van der Waals surface area contributed by atoms with Crippen LogP contribution < -0.4 is 5.73 Å². The minimum atomic E-state index is -0.626. The first-order chi connectivity index (χ1) is 23.1. The molecule has 49 heavy (non-hydrogen) atoms. The van der Waals surface area contributed by atoms with Gasteiger partial charge >= 0.3 is 5.97 Å². The lowest BCUT2D eigenvalue weighted by Gasteiger charge is -2.71. The number of hydrogen-bond donors (Lipinski definition) is 2. The summed E-state index contributed by atoms with van der Waals surface area (Å²) in [5.41, 5.74) is 6.28. The molecule has 3 saturated carbocycles. The van der Waals surface area contributed by atoms with Gasteiger partial charge in [0, 0.05) is 38.1 Å². The number of fused-ring (bicyclic) bond motifs is 3. The van der Waals surface area contributed by atoms with Crippen molar-refractivity contribution < 1.29 is 19.4 Å². The standard InChI is InChI=1S/C38H63N7O4/c1-24(2)25(3)35(5)13-14-36(6)26-9-10-29-34(4)21-28(45-41-33(39)40-42-45)31(49-20-19-44-17-15-43(8)16-18-44)38(29,23-48-22-34)27(26)11-12-37(36,7)30(35)32(46)47/h11,24-26,28-31H,9-10,12-23H2,1-8H3,(H2,39,41)(H,46,47)/t25-,26+,28-,29-,30-,31+,34-,35-,36-,37+,38+/m1/s1. The van der Waals surface area contributed by atoms with E-state index in [1.54, 1.807) is 4.80 Å². The van der Waals surface area contributed by atoms with E-state index < -0.39 is 11.9 Å². The topological polar surface area (TPSA) is 132 Å². The fraction of sp³-hybridized carbons (Fsp3) is 0.895. The van der Waals surface area contributed by atoms with E-state index in [-0.39, 0.29) is 51.1 Å². The molecule has 6 aliphatic rings. The van der Waals surface area contributed by atoms with E-state index in [1.165, 1.54) is 5.57 Å². The first-order valence-electron chi connectivity index (χ1n) is 19.2. The van der Waals surface area contributed by atoms with E-state index >= 15 is 0 Å². The van der Waals surface area contributed by atoms with Gasteiger partial charge in [-0.3, -0.25) is 9.69 Å². The number of aliphatic carboxylic acids is 1. The monoisotopic (exact) mass is 681 g/mol. The molecule has 0 spiro atoms. The Morgan fingerprint density at radius 3 is 2.47 bits per heavy atom. The molecule has 0 radical (unpaired) electrons. The minimum Gasteiger partial charge on any atom is -0.481 e. The van der Waals surface area contributed by atoms with Gasteiger partial charge in [0.25, 0.3) is 5.95 Å². The molecule has 3 heterocycles. The lowest BCUT2D eigenvalue weighted by molar-refractivity contribution is -0.253. The van der Waals surface area contributed by atoms with Crippen molar-refractivity contribution in [3.05, 3.63) is 11.6 Å². The maximum absolute atomic E-state index is 13.5. The highest BCUT2D eigenvalue weighted by Crippen LogP contribution is 2.75. The number of ether oxygens (including phenoxy) is 2. The Morgan fingerprint density at radius 1 is 1.08 bits per heavy atom. The summed E-state index contributed by atoms with van der Waals surface area (Å²) >= 11 is 0. The lowest BCUT2D eigenvalue weighted by atomic mass is 9.34. The van der Waals surface area contributed by atoms with Crippen LogP contribution in [0.3, 0.4) is 0 Å². The Bertz CT molecular complexity index is 1440.